The number of hydrogen-bond donors (Lipinski definition) is 1. The van der Waals surface area contributed by atoms with Crippen LogP contribution in [0.3, 0.4) is 0 Å². The van der Waals surface area contributed by atoms with Crippen LogP contribution >= 0.6 is 23.4 Å². The molecule has 1 heterocycles. The number of ether oxygens (including phenoxy) is 1. The van der Waals surface area contributed by atoms with Crippen LogP contribution in [0.4, 0.5) is 0 Å². The van der Waals surface area contributed by atoms with Crippen LogP contribution < -0.4 is 5.32 Å². The normalized spacial score (nSPS) is 16.7. The third-order valence-electron chi connectivity index (χ3n) is 3.21. The van der Waals surface area contributed by atoms with Crippen molar-refractivity contribution in [2.45, 2.75) is 42.9 Å². The average molecular weight is 300 g/mol. The highest BCUT2D eigenvalue weighted by Crippen LogP contribution is 2.34. The summed E-state index contributed by atoms with van der Waals surface area (Å²) in [6.07, 6.45) is 3.41. The molecule has 0 bridgehead atoms. The molecular weight excluding hydrogens is 278 g/mol. The van der Waals surface area contributed by atoms with Gasteiger partial charge in [-0.25, -0.2) is 0 Å². The van der Waals surface area contributed by atoms with E-state index in [-0.39, 0.29) is 0 Å². The van der Waals surface area contributed by atoms with Gasteiger partial charge in [0, 0.05) is 29.9 Å². The van der Waals surface area contributed by atoms with Crippen molar-refractivity contribution in [1.82, 2.24) is 5.32 Å². The predicted molar refractivity (Wildman–Crippen MR) is 83.1 cm³/mol. The quantitative estimate of drug-likeness (QED) is 0.799. The summed E-state index contributed by atoms with van der Waals surface area (Å²) < 4.78 is 5.39. The second kappa shape index (κ2) is 8.15. The van der Waals surface area contributed by atoms with Crippen LogP contribution in [-0.2, 0) is 11.3 Å². The smallest absolute Gasteiger partial charge is 0.0545 e. The maximum Gasteiger partial charge on any atom is 0.0545 e. The van der Waals surface area contributed by atoms with Crippen LogP contribution in [0.25, 0.3) is 0 Å². The fraction of sp³-hybridized carbons (Fsp3) is 0.600. The van der Waals surface area contributed by atoms with E-state index < -0.39 is 0 Å². The molecule has 1 fully saturated rings. The Morgan fingerprint density at radius 3 is 2.84 bits per heavy atom. The second-order valence-corrected chi connectivity index (χ2v) is 6.62. The van der Waals surface area contributed by atoms with Gasteiger partial charge in [0.2, 0.25) is 0 Å². The van der Waals surface area contributed by atoms with Gasteiger partial charge in [0.15, 0.2) is 0 Å². The lowest BCUT2D eigenvalue weighted by atomic mass is 10.2. The van der Waals surface area contributed by atoms with E-state index >= 15 is 0 Å². The zero-order valence-corrected chi connectivity index (χ0v) is 13.0. The molecule has 4 heteroatoms. The van der Waals surface area contributed by atoms with Crippen molar-refractivity contribution in [3.8, 4) is 0 Å². The standard InChI is InChI=1S/C15H22ClNOS/c1-2-7-17-11-12-3-4-15(14(16)10-12)19-13-5-8-18-9-6-13/h3-4,10,13,17H,2,5-9,11H2,1H3. The Hall–Kier alpha value is -0.220. The van der Waals surface area contributed by atoms with E-state index in [1.807, 2.05) is 11.8 Å². The Morgan fingerprint density at radius 2 is 2.16 bits per heavy atom. The molecule has 1 aliphatic heterocycles. The molecule has 2 nitrogen and oxygen atoms in total. The van der Waals surface area contributed by atoms with Crippen molar-refractivity contribution in [3.63, 3.8) is 0 Å². The Labute approximate surface area is 125 Å². The summed E-state index contributed by atoms with van der Waals surface area (Å²) >= 11 is 8.28. The molecule has 1 aromatic rings. The number of rotatable bonds is 6. The van der Waals surface area contributed by atoms with Gasteiger partial charge >= 0.3 is 0 Å². The summed E-state index contributed by atoms with van der Waals surface area (Å²) in [5.41, 5.74) is 1.26. The van der Waals surface area contributed by atoms with Gasteiger partial charge in [0.25, 0.3) is 0 Å². The fourth-order valence-corrected chi connectivity index (χ4v) is 3.57. The molecule has 0 unspecified atom stereocenters. The summed E-state index contributed by atoms with van der Waals surface area (Å²) in [6.45, 7) is 5.89. The number of hydrogen-bond acceptors (Lipinski definition) is 3. The first-order chi connectivity index (χ1) is 9.29. The molecule has 1 N–H and O–H groups in total. The van der Waals surface area contributed by atoms with Crippen LogP contribution in [0, 0.1) is 0 Å². The summed E-state index contributed by atoms with van der Waals surface area (Å²) in [6, 6.07) is 6.42. The van der Waals surface area contributed by atoms with E-state index in [1.54, 1.807) is 0 Å². The van der Waals surface area contributed by atoms with Gasteiger partial charge in [-0.3, -0.25) is 0 Å². The molecule has 0 radical (unpaired) electrons. The highest BCUT2D eigenvalue weighted by Gasteiger charge is 2.16. The molecule has 0 aromatic heterocycles. The Morgan fingerprint density at radius 1 is 1.37 bits per heavy atom. The third-order valence-corrected chi connectivity index (χ3v) is 5.05. The highest BCUT2D eigenvalue weighted by atomic mass is 35.5. The lowest BCUT2D eigenvalue weighted by Gasteiger charge is -2.22. The lowest BCUT2D eigenvalue weighted by Crippen LogP contribution is -2.17. The number of benzene rings is 1. The van der Waals surface area contributed by atoms with E-state index in [9.17, 15) is 0 Å². The Kier molecular flexibility index (Phi) is 6.51. The monoisotopic (exact) mass is 299 g/mol. The van der Waals surface area contributed by atoms with Gasteiger partial charge in [-0.05, 0) is 43.5 Å². The summed E-state index contributed by atoms with van der Waals surface area (Å²) in [5, 5.41) is 4.93. The third kappa shape index (κ3) is 4.99. The van der Waals surface area contributed by atoms with Crippen LogP contribution in [0.2, 0.25) is 5.02 Å². The highest BCUT2D eigenvalue weighted by molar-refractivity contribution is 8.00. The molecule has 1 aromatic carbocycles. The average Bonchev–Trinajstić information content (AvgIpc) is 2.43. The molecule has 0 amide bonds. The first-order valence-corrected chi connectivity index (χ1v) is 8.29. The molecule has 1 saturated heterocycles. The van der Waals surface area contributed by atoms with E-state index in [4.69, 9.17) is 16.3 Å². The van der Waals surface area contributed by atoms with Gasteiger partial charge in [-0.1, -0.05) is 24.6 Å². The number of thioether (sulfide) groups is 1. The van der Waals surface area contributed by atoms with E-state index in [0.29, 0.717) is 5.25 Å². The molecule has 0 spiro atoms. The molecule has 0 aliphatic carbocycles. The SMILES string of the molecule is CCCNCc1ccc(SC2CCOCC2)c(Cl)c1. The van der Waals surface area contributed by atoms with E-state index in [1.165, 1.54) is 10.5 Å². The summed E-state index contributed by atoms with van der Waals surface area (Å²) in [4.78, 5) is 1.20. The minimum Gasteiger partial charge on any atom is -0.381 e. The molecule has 19 heavy (non-hydrogen) atoms. The molecule has 2 rings (SSSR count). The van der Waals surface area contributed by atoms with Crippen molar-refractivity contribution in [2.75, 3.05) is 19.8 Å². The van der Waals surface area contributed by atoms with E-state index in [2.05, 4.69) is 30.4 Å². The minimum atomic E-state index is 0.648. The first kappa shape index (κ1) is 15.2. The molecule has 106 valence electrons. The zero-order chi connectivity index (χ0) is 13.5. The molecule has 0 atom stereocenters. The van der Waals surface area contributed by atoms with Crippen molar-refractivity contribution < 1.29 is 4.74 Å². The van der Waals surface area contributed by atoms with Crippen LogP contribution in [0.5, 0.6) is 0 Å². The Balaban J connectivity index is 1.90. The Bertz CT molecular complexity index is 394. The first-order valence-electron chi connectivity index (χ1n) is 7.03. The lowest BCUT2D eigenvalue weighted by molar-refractivity contribution is 0.100. The maximum absolute atomic E-state index is 6.38. The fourth-order valence-electron chi connectivity index (χ4n) is 2.13. The van der Waals surface area contributed by atoms with Gasteiger partial charge in [-0.15, -0.1) is 11.8 Å². The van der Waals surface area contributed by atoms with Crippen molar-refractivity contribution >= 4 is 23.4 Å². The minimum absolute atomic E-state index is 0.648. The van der Waals surface area contributed by atoms with Crippen LogP contribution in [0.15, 0.2) is 23.1 Å². The topological polar surface area (TPSA) is 21.3 Å². The number of nitrogens with one attached hydrogen (secondary N) is 1. The van der Waals surface area contributed by atoms with Crippen LogP contribution in [-0.4, -0.2) is 25.0 Å². The van der Waals surface area contributed by atoms with Gasteiger partial charge in [-0.2, -0.15) is 0 Å². The molecule has 1 aliphatic rings. The zero-order valence-electron chi connectivity index (χ0n) is 11.5. The maximum atomic E-state index is 6.38. The summed E-state index contributed by atoms with van der Waals surface area (Å²) in [7, 11) is 0. The van der Waals surface area contributed by atoms with Crippen molar-refractivity contribution in [3.05, 3.63) is 28.8 Å². The second-order valence-electron chi connectivity index (χ2n) is 4.87. The van der Waals surface area contributed by atoms with Gasteiger partial charge in [0.05, 0.1) is 5.02 Å². The molecule has 0 saturated carbocycles. The van der Waals surface area contributed by atoms with Gasteiger partial charge in [0.1, 0.15) is 0 Å². The summed E-state index contributed by atoms with van der Waals surface area (Å²) in [5.74, 6) is 0. The predicted octanol–water partition coefficient (Wildman–Crippen LogP) is 4.11. The van der Waals surface area contributed by atoms with Crippen molar-refractivity contribution in [2.24, 2.45) is 0 Å². The molecular formula is C15H22ClNOS. The number of halogens is 1. The van der Waals surface area contributed by atoms with E-state index in [0.717, 1.165) is 50.6 Å². The largest absolute Gasteiger partial charge is 0.381 e. The van der Waals surface area contributed by atoms with Crippen LogP contribution in [0.1, 0.15) is 31.7 Å². The van der Waals surface area contributed by atoms with Gasteiger partial charge < -0.3 is 10.1 Å². The van der Waals surface area contributed by atoms with Crippen molar-refractivity contribution in [1.29, 1.82) is 0 Å².